The van der Waals surface area contributed by atoms with E-state index < -0.39 is 11.9 Å². The third-order valence-corrected chi connectivity index (χ3v) is 1.84. The van der Waals surface area contributed by atoms with Gasteiger partial charge in [0.05, 0.1) is 5.69 Å². The Hall–Kier alpha value is -1.36. The van der Waals surface area contributed by atoms with Gasteiger partial charge in [-0.05, 0) is 13.5 Å². The average Bonchev–Trinajstić information content (AvgIpc) is 2.53. The molecule has 1 aromatic heterocycles. The standard InChI is InChI=1S/C8H13N3O2/c1-3-5-7(13-4-11-5)6(10-2)8(9)12/h4,6,10H,3H2,1-2H3,(H2,9,12). The van der Waals surface area contributed by atoms with Crippen molar-refractivity contribution in [1.29, 1.82) is 0 Å². The van der Waals surface area contributed by atoms with E-state index in [0.717, 1.165) is 12.1 Å². The smallest absolute Gasteiger partial charge is 0.242 e. The third kappa shape index (κ3) is 1.86. The number of nitrogens with two attached hydrogens (primary N) is 1. The van der Waals surface area contributed by atoms with Gasteiger partial charge < -0.3 is 15.5 Å². The molecule has 0 aliphatic rings. The molecular weight excluding hydrogens is 170 g/mol. The van der Waals surface area contributed by atoms with Crippen molar-refractivity contribution < 1.29 is 9.21 Å². The van der Waals surface area contributed by atoms with Gasteiger partial charge in [0.1, 0.15) is 6.04 Å². The molecule has 0 saturated heterocycles. The van der Waals surface area contributed by atoms with Crippen LogP contribution in [0.3, 0.4) is 0 Å². The van der Waals surface area contributed by atoms with Crippen LogP contribution in [0.2, 0.25) is 0 Å². The van der Waals surface area contributed by atoms with Crippen molar-refractivity contribution in [1.82, 2.24) is 10.3 Å². The number of likely N-dealkylation sites (N-methyl/N-ethyl adjacent to an activating group) is 1. The zero-order chi connectivity index (χ0) is 9.84. The number of aromatic nitrogens is 1. The summed E-state index contributed by atoms with van der Waals surface area (Å²) in [6.45, 7) is 1.94. The molecule has 0 saturated carbocycles. The first kappa shape index (κ1) is 9.73. The van der Waals surface area contributed by atoms with Crippen LogP contribution in [0.1, 0.15) is 24.4 Å². The summed E-state index contributed by atoms with van der Waals surface area (Å²) in [7, 11) is 1.65. The monoisotopic (exact) mass is 183 g/mol. The number of carbonyl (C=O) groups is 1. The van der Waals surface area contributed by atoms with Crippen LogP contribution in [-0.2, 0) is 11.2 Å². The summed E-state index contributed by atoms with van der Waals surface area (Å²) in [6, 6.07) is -0.586. The Balaban J connectivity index is 2.96. The van der Waals surface area contributed by atoms with E-state index in [1.54, 1.807) is 7.05 Å². The van der Waals surface area contributed by atoms with E-state index in [1.807, 2.05) is 6.92 Å². The van der Waals surface area contributed by atoms with Crippen molar-refractivity contribution in [2.45, 2.75) is 19.4 Å². The number of nitrogens with zero attached hydrogens (tertiary/aromatic N) is 1. The fourth-order valence-electron chi connectivity index (χ4n) is 1.18. The van der Waals surface area contributed by atoms with Gasteiger partial charge in [-0.2, -0.15) is 0 Å². The Kier molecular flexibility index (Phi) is 3.02. The number of rotatable bonds is 4. The first-order valence-corrected chi connectivity index (χ1v) is 4.09. The van der Waals surface area contributed by atoms with Gasteiger partial charge in [0.25, 0.3) is 0 Å². The molecule has 0 fully saturated rings. The molecule has 0 radical (unpaired) electrons. The second-order valence-corrected chi connectivity index (χ2v) is 2.64. The fraction of sp³-hybridized carbons (Fsp3) is 0.500. The molecule has 13 heavy (non-hydrogen) atoms. The van der Waals surface area contributed by atoms with E-state index in [-0.39, 0.29) is 0 Å². The van der Waals surface area contributed by atoms with E-state index in [9.17, 15) is 4.79 Å². The lowest BCUT2D eigenvalue weighted by molar-refractivity contribution is -0.120. The Morgan fingerprint density at radius 3 is 3.00 bits per heavy atom. The van der Waals surface area contributed by atoms with Crippen molar-refractivity contribution in [3.8, 4) is 0 Å². The third-order valence-electron chi connectivity index (χ3n) is 1.84. The molecule has 0 bridgehead atoms. The van der Waals surface area contributed by atoms with Crippen molar-refractivity contribution >= 4 is 5.91 Å². The van der Waals surface area contributed by atoms with Crippen LogP contribution in [-0.4, -0.2) is 17.9 Å². The summed E-state index contributed by atoms with van der Waals surface area (Å²) in [4.78, 5) is 14.9. The lowest BCUT2D eigenvalue weighted by atomic mass is 10.1. The predicted molar refractivity (Wildman–Crippen MR) is 46.9 cm³/mol. The molecule has 1 unspecified atom stereocenters. The zero-order valence-corrected chi connectivity index (χ0v) is 7.70. The van der Waals surface area contributed by atoms with Crippen LogP contribution in [0.15, 0.2) is 10.8 Å². The number of aryl methyl sites for hydroxylation is 1. The molecule has 5 nitrogen and oxygen atoms in total. The summed E-state index contributed by atoms with van der Waals surface area (Å²) in [5.74, 6) is 0.0476. The number of hydrogen-bond acceptors (Lipinski definition) is 4. The molecule has 1 amide bonds. The Morgan fingerprint density at radius 2 is 2.54 bits per heavy atom. The van der Waals surface area contributed by atoms with Gasteiger partial charge in [0.2, 0.25) is 5.91 Å². The van der Waals surface area contributed by atoms with Crippen molar-refractivity contribution in [2.75, 3.05) is 7.05 Å². The van der Waals surface area contributed by atoms with Gasteiger partial charge >= 0.3 is 0 Å². The number of hydrogen-bond donors (Lipinski definition) is 2. The molecule has 0 aliphatic heterocycles. The maximum absolute atomic E-state index is 11.0. The molecule has 5 heteroatoms. The SMILES string of the molecule is CCc1ncoc1C(NC)C(N)=O. The first-order valence-electron chi connectivity index (χ1n) is 4.09. The number of primary amides is 1. The Bertz CT molecular complexity index is 295. The second kappa shape index (κ2) is 4.04. The second-order valence-electron chi connectivity index (χ2n) is 2.64. The van der Waals surface area contributed by atoms with Crippen LogP contribution in [0.4, 0.5) is 0 Å². The van der Waals surface area contributed by atoms with Crippen LogP contribution in [0, 0.1) is 0 Å². The minimum Gasteiger partial charge on any atom is -0.446 e. The molecule has 1 atom stereocenters. The number of carbonyl (C=O) groups excluding carboxylic acids is 1. The van der Waals surface area contributed by atoms with E-state index in [0.29, 0.717) is 5.76 Å². The first-order chi connectivity index (χ1) is 6.20. The molecule has 72 valence electrons. The minimum absolute atomic E-state index is 0.464. The normalized spacial score (nSPS) is 12.8. The molecule has 1 rings (SSSR count). The molecule has 0 aromatic carbocycles. The van der Waals surface area contributed by atoms with E-state index in [1.165, 1.54) is 6.39 Å². The fourth-order valence-corrected chi connectivity index (χ4v) is 1.18. The predicted octanol–water partition coefficient (Wildman–Crippen LogP) is -0.0172. The van der Waals surface area contributed by atoms with Crippen LogP contribution >= 0.6 is 0 Å². The number of amides is 1. The Labute approximate surface area is 76.3 Å². The maximum Gasteiger partial charge on any atom is 0.242 e. The molecule has 0 aliphatic carbocycles. The molecule has 1 heterocycles. The molecular formula is C8H13N3O2. The summed E-state index contributed by atoms with van der Waals surface area (Å²) in [5, 5.41) is 2.77. The van der Waals surface area contributed by atoms with E-state index >= 15 is 0 Å². The van der Waals surface area contributed by atoms with Gasteiger partial charge in [-0.25, -0.2) is 4.98 Å². The highest BCUT2D eigenvalue weighted by Crippen LogP contribution is 2.16. The quantitative estimate of drug-likeness (QED) is 0.687. The lowest BCUT2D eigenvalue weighted by Gasteiger charge is -2.09. The highest BCUT2D eigenvalue weighted by atomic mass is 16.3. The van der Waals surface area contributed by atoms with E-state index in [2.05, 4.69) is 10.3 Å². The maximum atomic E-state index is 11.0. The minimum atomic E-state index is -0.586. The van der Waals surface area contributed by atoms with Gasteiger partial charge in [-0.1, -0.05) is 6.92 Å². The zero-order valence-electron chi connectivity index (χ0n) is 7.70. The topological polar surface area (TPSA) is 81.2 Å². The number of nitrogens with one attached hydrogen (secondary N) is 1. The van der Waals surface area contributed by atoms with Crippen LogP contribution in [0.25, 0.3) is 0 Å². The van der Waals surface area contributed by atoms with Crippen molar-refractivity contribution in [3.05, 3.63) is 17.8 Å². The van der Waals surface area contributed by atoms with Gasteiger partial charge in [-0.3, -0.25) is 4.79 Å². The molecule has 3 N–H and O–H groups in total. The van der Waals surface area contributed by atoms with Gasteiger partial charge in [-0.15, -0.1) is 0 Å². The largest absolute Gasteiger partial charge is 0.446 e. The van der Waals surface area contributed by atoms with Crippen molar-refractivity contribution in [3.63, 3.8) is 0 Å². The summed E-state index contributed by atoms with van der Waals surface area (Å²) in [6.07, 6.45) is 2.04. The van der Waals surface area contributed by atoms with Gasteiger partial charge in [0.15, 0.2) is 12.2 Å². The summed E-state index contributed by atoms with van der Waals surface area (Å²) in [5.41, 5.74) is 5.93. The summed E-state index contributed by atoms with van der Waals surface area (Å²) >= 11 is 0. The molecule has 0 spiro atoms. The Morgan fingerprint density at radius 1 is 1.85 bits per heavy atom. The van der Waals surface area contributed by atoms with Crippen LogP contribution in [0.5, 0.6) is 0 Å². The van der Waals surface area contributed by atoms with Crippen molar-refractivity contribution in [2.24, 2.45) is 5.73 Å². The summed E-state index contributed by atoms with van der Waals surface area (Å²) < 4.78 is 5.10. The van der Waals surface area contributed by atoms with Crippen LogP contribution < -0.4 is 11.1 Å². The highest BCUT2D eigenvalue weighted by Gasteiger charge is 2.22. The lowest BCUT2D eigenvalue weighted by Crippen LogP contribution is -2.31. The molecule has 1 aromatic rings. The highest BCUT2D eigenvalue weighted by molar-refractivity contribution is 5.80. The average molecular weight is 183 g/mol. The van der Waals surface area contributed by atoms with Gasteiger partial charge in [0, 0.05) is 0 Å². The number of oxazole rings is 1. The van der Waals surface area contributed by atoms with E-state index in [4.69, 9.17) is 10.2 Å².